The van der Waals surface area contributed by atoms with Crippen LogP contribution in [0.15, 0.2) is 42.5 Å². The van der Waals surface area contributed by atoms with Crippen LogP contribution in [0.25, 0.3) is 0 Å². The molecule has 0 radical (unpaired) electrons. The zero-order valence-corrected chi connectivity index (χ0v) is 13.8. The lowest BCUT2D eigenvalue weighted by Crippen LogP contribution is -2.30. The summed E-state index contributed by atoms with van der Waals surface area (Å²) in [6.07, 6.45) is 0.580. The van der Waals surface area contributed by atoms with Crippen molar-refractivity contribution in [3.05, 3.63) is 70.5 Å². The second-order valence-electron chi connectivity index (χ2n) is 5.62. The second kappa shape index (κ2) is 8.24. The molecule has 2 aromatic carbocycles. The average Bonchev–Trinajstić information content (AvgIpc) is 2.56. The van der Waals surface area contributed by atoms with Gasteiger partial charge in [-0.25, -0.2) is 9.18 Å². The molecule has 1 N–H and O–H groups in total. The zero-order chi connectivity index (χ0) is 17.5. The summed E-state index contributed by atoms with van der Waals surface area (Å²) in [6.45, 7) is 3.78. The molecular weight excluding hydrogens is 309 g/mol. The lowest BCUT2D eigenvalue weighted by atomic mass is 10.1. The molecule has 1 amide bonds. The number of rotatable bonds is 6. The summed E-state index contributed by atoms with van der Waals surface area (Å²) in [5.41, 5.74) is 3.15. The molecule has 24 heavy (non-hydrogen) atoms. The number of amides is 1. The van der Waals surface area contributed by atoms with Gasteiger partial charge in [-0.15, -0.1) is 0 Å². The van der Waals surface area contributed by atoms with E-state index in [4.69, 9.17) is 4.74 Å². The Morgan fingerprint density at radius 2 is 1.79 bits per heavy atom. The first-order valence-electron chi connectivity index (χ1n) is 7.71. The molecule has 0 saturated carbocycles. The van der Waals surface area contributed by atoms with E-state index in [-0.39, 0.29) is 18.3 Å². The van der Waals surface area contributed by atoms with Crippen molar-refractivity contribution < 1.29 is 18.7 Å². The van der Waals surface area contributed by atoms with Crippen molar-refractivity contribution in [1.29, 1.82) is 0 Å². The van der Waals surface area contributed by atoms with Crippen molar-refractivity contribution in [2.75, 3.05) is 13.2 Å². The number of halogens is 1. The predicted molar refractivity (Wildman–Crippen MR) is 89.3 cm³/mol. The van der Waals surface area contributed by atoms with Gasteiger partial charge < -0.3 is 10.1 Å². The Labute approximate surface area is 140 Å². The van der Waals surface area contributed by atoms with Crippen molar-refractivity contribution in [3.8, 4) is 0 Å². The summed E-state index contributed by atoms with van der Waals surface area (Å²) in [5, 5.41) is 2.67. The van der Waals surface area contributed by atoms with Gasteiger partial charge >= 0.3 is 5.97 Å². The SMILES string of the molecule is Cc1ccc(C)c(C(=O)OCC(=O)NCCc2ccc(F)cc2)c1. The molecule has 0 unspecified atom stereocenters. The number of nitrogens with one attached hydrogen (secondary N) is 1. The third kappa shape index (κ3) is 5.19. The summed E-state index contributed by atoms with van der Waals surface area (Å²) in [5.74, 6) is -1.17. The zero-order valence-electron chi connectivity index (χ0n) is 13.8. The van der Waals surface area contributed by atoms with Crippen LogP contribution in [-0.4, -0.2) is 25.0 Å². The topological polar surface area (TPSA) is 55.4 Å². The van der Waals surface area contributed by atoms with Crippen LogP contribution in [0.4, 0.5) is 4.39 Å². The summed E-state index contributed by atoms with van der Waals surface area (Å²) in [7, 11) is 0. The molecule has 0 atom stereocenters. The Kier molecular flexibility index (Phi) is 6.07. The third-order valence-electron chi connectivity index (χ3n) is 3.60. The molecule has 2 rings (SSSR count). The fraction of sp³-hybridized carbons (Fsp3) is 0.263. The van der Waals surface area contributed by atoms with Crippen LogP contribution in [0.3, 0.4) is 0 Å². The summed E-state index contributed by atoms with van der Waals surface area (Å²) in [6, 6.07) is 11.6. The van der Waals surface area contributed by atoms with Gasteiger partial charge in [-0.3, -0.25) is 4.79 Å². The standard InChI is InChI=1S/C19H20FNO3/c1-13-3-4-14(2)17(11-13)19(23)24-12-18(22)21-10-9-15-5-7-16(20)8-6-15/h3-8,11H,9-10,12H2,1-2H3,(H,21,22). The van der Waals surface area contributed by atoms with Crippen LogP contribution in [0, 0.1) is 19.7 Å². The second-order valence-corrected chi connectivity index (χ2v) is 5.62. The quantitative estimate of drug-likeness (QED) is 0.829. The molecule has 0 aliphatic carbocycles. The van der Waals surface area contributed by atoms with Crippen LogP contribution >= 0.6 is 0 Å². The highest BCUT2D eigenvalue weighted by molar-refractivity contribution is 5.92. The van der Waals surface area contributed by atoms with Gasteiger partial charge in [0.25, 0.3) is 5.91 Å². The molecule has 0 aliphatic rings. The number of hydrogen-bond acceptors (Lipinski definition) is 3. The largest absolute Gasteiger partial charge is 0.452 e. The molecule has 0 heterocycles. The molecule has 0 fully saturated rings. The Hall–Kier alpha value is -2.69. The summed E-state index contributed by atoms with van der Waals surface area (Å²) >= 11 is 0. The van der Waals surface area contributed by atoms with Gasteiger partial charge in [0.1, 0.15) is 5.82 Å². The molecule has 4 nitrogen and oxygen atoms in total. The maximum atomic E-state index is 12.8. The van der Waals surface area contributed by atoms with E-state index in [1.807, 2.05) is 26.0 Å². The van der Waals surface area contributed by atoms with Gasteiger partial charge in [0.15, 0.2) is 6.61 Å². The lowest BCUT2D eigenvalue weighted by Gasteiger charge is -2.09. The Morgan fingerprint density at radius 1 is 1.08 bits per heavy atom. The van der Waals surface area contributed by atoms with E-state index in [2.05, 4.69) is 5.32 Å². The maximum absolute atomic E-state index is 12.8. The number of carbonyl (C=O) groups excluding carboxylic acids is 2. The number of benzene rings is 2. The van der Waals surface area contributed by atoms with Crippen LogP contribution in [-0.2, 0) is 16.0 Å². The number of hydrogen-bond donors (Lipinski definition) is 1. The van der Waals surface area contributed by atoms with E-state index < -0.39 is 5.97 Å². The Balaban J connectivity index is 1.75. The molecule has 0 saturated heterocycles. The molecular formula is C19H20FNO3. The van der Waals surface area contributed by atoms with Crippen molar-refractivity contribution in [1.82, 2.24) is 5.32 Å². The van der Waals surface area contributed by atoms with Gasteiger partial charge in [-0.05, 0) is 49.6 Å². The van der Waals surface area contributed by atoms with E-state index in [1.165, 1.54) is 12.1 Å². The minimum absolute atomic E-state index is 0.291. The first kappa shape index (κ1) is 17.7. The number of esters is 1. The van der Waals surface area contributed by atoms with Crippen molar-refractivity contribution in [2.45, 2.75) is 20.3 Å². The summed E-state index contributed by atoms with van der Waals surface area (Å²) in [4.78, 5) is 23.7. The van der Waals surface area contributed by atoms with Gasteiger partial charge in [0.2, 0.25) is 0 Å². The van der Waals surface area contributed by atoms with E-state index in [0.29, 0.717) is 18.5 Å². The molecule has 0 bridgehead atoms. The van der Waals surface area contributed by atoms with E-state index in [9.17, 15) is 14.0 Å². The minimum atomic E-state index is -0.509. The molecule has 0 aromatic heterocycles. The first-order chi connectivity index (χ1) is 11.5. The number of ether oxygens (including phenoxy) is 1. The lowest BCUT2D eigenvalue weighted by molar-refractivity contribution is -0.124. The van der Waals surface area contributed by atoms with Crippen molar-refractivity contribution in [2.24, 2.45) is 0 Å². The highest BCUT2D eigenvalue weighted by Gasteiger charge is 2.12. The molecule has 126 valence electrons. The molecule has 0 spiro atoms. The van der Waals surface area contributed by atoms with Crippen LogP contribution in [0.5, 0.6) is 0 Å². The fourth-order valence-corrected chi connectivity index (χ4v) is 2.21. The maximum Gasteiger partial charge on any atom is 0.338 e. The van der Waals surface area contributed by atoms with E-state index in [1.54, 1.807) is 18.2 Å². The fourth-order valence-electron chi connectivity index (χ4n) is 2.21. The van der Waals surface area contributed by atoms with Crippen LogP contribution < -0.4 is 5.32 Å². The number of carbonyl (C=O) groups is 2. The monoisotopic (exact) mass is 329 g/mol. The van der Waals surface area contributed by atoms with Gasteiger partial charge in [0.05, 0.1) is 5.56 Å². The van der Waals surface area contributed by atoms with E-state index >= 15 is 0 Å². The van der Waals surface area contributed by atoms with Crippen molar-refractivity contribution >= 4 is 11.9 Å². The normalized spacial score (nSPS) is 10.3. The predicted octanol–water partition coefficient (Wildman–Crippen LogP) is 2.96. The Bertz CT molecular complexity index is 726. The molecule has 2 aromatic rings. The van der Waals surface area contributed by atoms with Crippen LogP contribution in [0.1, 0.15) is 27.0 Å². The van der Waals surface area contributed by atoms with E-state index in [0.717, 1.165) is 16.7 Å². The molecule has 5 heteroatoms. The highest BCUT2D eigenvalue weighted by atomic mass is 19.1. The third-order valence-corrected chi connectivity index (χ3v) is 3.60. The van der Waals surface area contributed by atoms with Gasteiger partial charge in [-0.1, -0.05) is 29.8 Å². The Morgan fingerprint density at radius 3 is 2.50 bits per heavy atom. The smallest absolute Gasteiger partial charge is 0.338 e. The summed E-state index contributed by atoms with van der Waals surface area (Å²) < 4.78 is 17.8. The average molecular weight is 329 g/mol. The highest BCUT2D eigenvalue weighted by Crippen LogP contribution is 2.11. The minimum Gasteiger partial charge on any atom is -0.452 e. The number of aryl methyl sites for hydroxylation is 2. The van der Waals surface area contributed by atoms with Crippen molar-refractivity contribution in [3.63, 3.8) is 0 Å². The first-order valence-corrected chi connectivity index (χ1v) is 7.71. The van der Waals surface area contributed by atoms with Crippen LogP contribution in [0.2, 0.25) is 0 Å². The van der Waals surface area contributed by atoms with Gasteiger partial charge in [0, 0.05) is 6.54 Å². The molecule has 0 aliphatic heterocycles. The van der Waals surface area contributed by atoms with Gasteiger partial charge in [-0.2, -0.15) is 0 Å².